The molecule has 144 valence electrons. The van der Waals surface area contributed by atoms with Crippen molar-refractivity contribution in [1.29, 1.82) is 0 Å². The number of benzene rings is 1. The molecule has 0 radical (unpaired) electrons. The number of hydrogen-bond acceptors (Lipinski definition) is 6. The van der Waals surface area contributed by atoms with E-state index in [2.05, 4.69) is 0 Å². The molecule has 0 saturated heterocycles. The van der Waals surface area contributed by atoms with Crippen LogP contribution in [0.25, 0.3) is 0 Å². The SMILES string of the molecule is CC(=O)Oc1cc(C(C)(C)OC(=O)CCl)cc(C(C)(C)OC(=O)CCl)c1. The molecular weight excluding hydrogens is 383 g/mol. The summed E-state index contributed by atoms with van der Waals surface area (Å²) in [6.07, 6.45) is 0. The average molecular weight is 405 g/mol. The minimum Gasteiger partial charge on any atom is -0.454 e. The number of halogens is 2. The van der Waals surface area contributed by atoms with Gasteiger partial charge in [0.2, 0.25) is 0 Å². The molecule has 0 bridgehead atoms. The molecule has 0 aliphatic carbocycles. The van der Waals surface area contributed by atoms with E-state index in [0.717, 1.165) is 0 Å². The molecule has 0 fully saturated rings. The first-order valence-corrected chi connectivity index (χ1v) is 8.88. The van der Waals surface area contributed by atoms with Gasteiger partial charge in [0, 0.05) is 6.92 Å². The third kappa shape index (κ3) is 6.18. The van der Waals surface area contributed by atoms with Gasteiger partial charge in [0.1, 0.15) is 28.7 Å². The van der Waals surface area contributed by atoms with Crippen molar-refractivity contribution in [2.45, 2.75) is 45.8 Å². The highest BCUT2D eigenvalue weighted by Crippen LogP contribution is 2.35. The van der Waals surface area contributed by atoms with Gasteiger partial charge in [0.15, 0.2) is 0 Å². The number of carbonyl (C=O) groups is 3. The molecule has 0 unspecified atom stereocenters. The van der Waals surface area contributed by atoms with Gasteiger partial charge in [-0.2, -0.15) is 0 Å². The van der Waals surface area contributed by atoms with Crippen LogP contribution < -0.4 is 4.74 Å². The lowest BCUT2D eigenvalue weighted by Gasteiger charge is -2.30. The highest BCUT2D eigenvalue weighted by Gasteiger charge is 2.31. The van der Waals surface area contributed by atoms with E-state index in [9.17, 15) is 14.4 Å². The van der Waals surface area contributed by atoms with Crippen LogP contribution in [0, 0.1) is 0 Å². The van der Waals surface area contributed by atoms with E-state index in [0.29, 0.717) is 11.1 Å². The Kier molecular flexibility index (Phi) is 7.47. The highest BCUT2D eigenvalue weighted by atomic mass is 35.5. The molecular formula is C18H22Cl2O6. The van der Waals surface area contributed by atoms with Gasteiger partial charge in [-0.3, -0.25) is 14.4 Å². The van der Waals surface area contributed by atoms with Crippen LogP contribution in [0.3, 0.4) is 0 Å². The van der Waals surface area contributed by atoms with Crippen LogP contribution in [0.5, 0.6) is 5.75 Å². The van der Waals surface area contributed by atoms with Crippen molar-refractivity contribution < 1.29 is 28.6 Å². The maximum Gasteiger partial charge on any atom is 0.321 e. The van der Waals surface area contributed by atoms with Gasteiger partial charge < -0.3 is 14.2 Å². The molecule has 0 heterocycles. The summed E-state index contributed by atoms with van der Waals surface area (Å²) in [4.78, 5) is 34.6. The zero-order valence-corrected chi connectivity index (χ0v) is 16.9. The molecule has 1 aromatic rings. The van der Waals surface area contributed by atoms with Crippen molar-refractivity contribution in [2.24, 2.45) is 0 Å². The molecule has 1 rings (SSSR count). The molecule has 0 aromatic heterocycles. The van der Waals surface area contributed by atoms with Crippen LogP contribution >= 0.6 is 23.2 Å². The summed E-state index contributed by atoms with van der Waals surface area (Å²) >= 11 is 11.0. The van der Waals surface area contributed by atoms with Gasteiger partial charge in [-0.25, -0.2) is 0 Å². The van der Waals surface area contributed by atoms with Crippen LogP contribution in [0.2, 0.25) is 0 Å². The third-order valence-corrected chi connectivity index (χ3v) is 3.95. The molecule has 0 amide bonds. The summed E-state index contributed by atoms with van der Waals surface area (Å²) in [5.74, 6) is -2.06. The van der Waals surface area contributed by atoms with Crippen molar-refractivity contribution in [3.63, 3.8) is 0 Å². The number of alkyl halides is 2. The molecule has 1 aromatic carbocycles. The second-order valence-corrected chi connectivity index (χ2v) is 7.11. The number of carbonyl (C=O) groups excluding carboxylic acids is 3. The zero-order chi connectivity index (χ0) is 20.1. The Morgan fingerprint density at radius 1 is 0.846 bits per heavy atom. The Hall–Kier alpha value is -1.79. The molecule has 6 nitrogen and oxygen atoms in total. The van der Waals surface area contributed by atoms with E-state index in [4.69, 9.17) is 37.4 Å². The predicted molar refractivity (Wildman–Crippen MR) is 97.4 cm³/mol. The van der Waals surface area contributed by atoms with E-state index in [1.54, 1.807) is 45.9 Å². The fourth-order valence-corrected chi connectivity index (χ4v) is 2.37. The topological polar surface area (TPSA) is 78.9 Å². The van der Waals surface area contributed by atoms with E-state index in [1.807, 2.05) is 0 Å². The Labute approximate surface area is 162 Å². The van der Waals surface area contributed by atoms with Crippen molar-refractivity contribution >= 4 is 41.1 Å². The Bertz CT molecular complexity index is 649. The van der Waals surface area contributed by atoms with Crippen LogP contribution in [0.4, 0.5) is 0 Å². The molecule has 0 aliphatic heterocycles. The summed E-state index contributed by atoms with van der Waals surface area (Å²) in [6, 6.07) is 4.85. The summed E-state index contributed by atoms with van der Waals surface area (Å²) < 4.78 is 15.9. The van der Waals surface area contributed by atoms with Crippen LogP contribution in [0.15, 0.2) is 18.2 Å². The molecule has 0 saturated carbocycles. The Balaban J connectivity index is 3.41. The minimum absolute atomic E-state index is 0.231. The van der Waals surface area contributed by atoms with E-state index >= 15 is 0 Å². The predicted octanol–water partition coefficient (Wildman–Crippen LogP) is 3.65. The monoisotopic (exact) mass is 404 g/mol. The minimum atomic E-state index is -1.05. The Morgan fingerprint density at radius 2 is 1.23 bits per heavy atom. The first kappa shape index (κ1) is 22.3. The quantitative estimate of drug-likeness (QED) is 0.392. The number of rotatable bonds is 7. The molecule has 0 spiro atoms. The number of ether oxygens (including phenoxy) is 3. The zero-order valence-electron chi connectivity index (χ0n) is 15.4. The smallest absolute Gasteiger partial charge is 0.321 e. The van der Waals surface area contributed by atoms with Gasteiger partial charge >= 0.3 is 17.9 Å². The second kappa shape index (κ2) is 8.73. The van der Waals surface area contributed by atoms with Gasteiger partial charge in [-0.1, -0.05) is 0 Å². The maximum atomic E-state index is 11.6. The van der Waals surface area contributed by atoms with Crippen molar-refractivity contribution in [2.75, 3.05) is 11.8 Å². The van der Waals surface area contributed by atoms with E-state index < -0.39 is 29.1 Å². The summed E-state index contributed by atoms with van der Waals surface area (Å²) in [7, 11) is 0. The fourth-order valence-electron chi connectivity index (χ4n) is 2.26. The lowest BCUT2D eigenvalue weighted by molar-refractivity contribution is -0.154. The average Bonchev–Trinajstić information content (AvgIpc) is 2.52. The largest absolute Gasteiger partial charge is 0.454 e. The first-order valence-electron chi connectivity index (χ1n) is 7.81. The molecule has 0 atom stereocenters. The molecule has 8 heteroatoms. The van der Waals surface area contributed by atoms with Crippen LogP contribution in [-0.2, 0) is 35.1 Å². The Morgan fingerprint density at radius 3 is 1.54 bits per heavy atom. The lowest BCUT2D eigenvalue weighted by atomic mass is 9.90. The summed E-state index contributed by atoms with van der Waals surface area (Å²) in [5, 5.41) is 0. The number of esters is 3. The van der Waals surface area contributed by atoms with E-state index in [-0.39, 0.29) is 17.5 Å². The maximum absolute atomic E-state index is 11.6. The summed E-state index contributed by atoms with van der Waals surface area (Å²) in [6.45, 7) is 7.96. The van der Waals surface area contributed by atoms with Crippen LogP contribution in [0.1, 0.15) is 45.7 Å². The highest BCUT2D eigenvalue weighted by molar-refractivity contribution is 6.26. The number of hydrogen-bond donors (Lipinski definition) is 0. The first-order chi connectivity index (χ1) is 11.9. The van der Waals surface area contributed by atoms with Crippen molar-refractivity contribution in [3.05, 3.63) is 29.3 Å². The van der Waals surface area contributed by atoms with Gasteiger partial charge in [0.25, 0.3) is 0 Å². The van der Waals surface area contributed by atoms with Crippen molar-refractivity contribution in [3.8, 4) is 5.75 Å². The molecule has 0 aliphatic rings. The molecule has 26 heavy (non-hydrogen) atoms. The third-order valence-electron chi connectivity index (χ3n) is 3.51. The van der Waals surface area contributed by atoms with Gasteiger partial charge in [0.05, 0.1) is 0 Å². The summed E-state index contributed by atoms with van der Waals surface area (Å²) in [5.41, 5.74) is -1.02. The fraction of sp³-hybridized carbons (Fsp3) is 0.500. The lowest BCUT2D eigenvalue weighted by Crippen LogP contribution is -2.29. The standard InChI is InChI=1S/C18H22Cl2O6/c1-11(21)24-14-7-12(17(2,3)25-15(22)9-19)6-13(8-14)18(4,5)26-16(23)10-20/h6-8H,9-10H2,1-5H3. The van der Waals surface area contributed by atoms with Gasteiger partial charge in [-0.15, -0.1) is 23.2 Å². The molecule has 0 N–H and O–H groups in total. The van der Waals surface area contributed by atoms with E-state index in [1.165, 1.54) is 6.92 Å². The van der Waals surface area contributed by atoms with Crippen LogP contribution in [-0.4, -0.2) is 29.7 Å². The van der Waals surface area contributed by atoms with Crippen molar-refractivity contribution in [1.82, 2.24) is 0 Å². The second-order valence-electron chi connectivity index (χ2n) is 6.58. The van der Waals surface area contributed by atoms with Gasteiger partial charge in [-0.05, 0) is 57.0 Å². The normalized spacial score (nSPS) is 11.7.